The highest BCUT2D eigenvalue weighted by Gasteiger charge is 2.32. The molecule has 0 unspecified atom stereocenters. The van der Waals surface area contributed by atoms with Crippen LogP contribution in [0, 0.1) is 16.7 Å². The van der Waals surface area contributed by atoms with Gasteiger partial charge in [0.2, 0.25) is 5.56 Å². The van der Waals surface area contributed by atoms with E-state index < -0.39 is 0 Å². The number of carbonyl (C=O) groups excluding carboxylic acids is 1. The molecule has 0 radical (unpaired) electrons. The van der Waals surface area contributed by atoms with E-state index in [0.29, 0.717) is 31.5 Å². The van der Waals surface area contributed by atoms with E-state index in [4.69, 9.17) is 5.26 Å². The molecule has 2 rings (SSSR count). The first-order valence-corrected chi connectivity index (χ1v) is 5.93. The lowest BCUT2D eigenvalue weighted by Gasteiger charge is -2.34. The molecule has 1 aromatic heterocycles. The molecule has 1 fully saturated rings. The van der Waals surface area contributed by atoms with Gasteiger partial charge in [-0.3, -0.25) is 9.59 Å². The highest BCUT2D eigenvalue weighted by Crippen LogP contribution is 2.30. The summed E-state index contributed by atoms with van der Waals surface area (Å²) in [6.45, 7) is 3.05. The van der Waals surface area contributed by atoms with Gasteiger partial charge in [-0.25, -0.2) is 0 Å². The van der Waals surface area contributed by atoms with E-state index in [0.717, 1.165) is 0 Å². The van der Waals surface area contributed by atoms with Crippen LogP contribution in [-0.2, 0) is 0 Å². The lowest BCUT2D eigenvalue weighted by Crippen LogP contribution is -2.41. The number of hydrogen-bond acceptors (Lipinski definition) is 3. The molecule has 5 heteroatoms. The molecule has 1 N–H and O–H groups in total. The fourth-order valence-corrected chi connectivity index (χ4v) is 2.08. The second-order valence-corrected chi connectivity index (χ2v) is 4.91. The fourth-order valence-electron chi connectivity index (χ4n) is 2.08. The zero-order valence-electron chi connectivity index (χ0n) is 10.3. The second-order valence-electron chi connectivity index (χ2n) is 4.91. The molecular formula is C13H15N3O2. The molecule has 18 heavy (non-hydrogen) atoms. The normalized spacial score (nSPS) is 18.1. The zero-order chi connectivity index (χ0) is 13.2. The summed E-state index contributed by atoms with van der Waals surface area (Å²) in [6, 6.07) is 5.20. The third-order valence-electron chi connectivity index (χ3n) is 3.45. The lowest BCUT2D eigenvalue weighted by molar-refractivity contribution is 0.0661. The summed E-state index contributed by atoms with van der Waals surface area (Å²) in [7, 11) is 0. The molecule has 0 atom stereocenters. The molecule has 0 saturated carbocycles. The van der Waals surface area contributed by atoms with Crippen LogP contribution in [0.4, 0.5) is 0 Å². The number of amides is 1. The summed E-state index contributed by atoms with van der Waals surface area (Å²) in [5.74, 6) is -0.138. The molecular weight excluding hydrogens is 230 g/mol. The maximum Gasteiger partial charge on any atom is 0.254 e. The number of carbonyl (C=O) groups is 1. The van der Waals surface area contributed by atoms with Crippen molar-refractivity contribution in [3.63, 3.8) is 0 Å². The Morgan fingerprint density at radius 1 is 1.50 bits per heavy atom. The number of rotatable bonds is 1. The number of H-pyrrole nitrogens is 1. The molecule has 2 heterocycles. The minimum atomic E-state index is -0.328. The number of hydrogen-bond donors (Lipinski definition) is 1. The number of likely N-dealkylation sites (tertiary alicyclic amines) is 1. The van der Waals surface area contributed by atoms with Gasteiger partial charge in [0.25, 0.3) is 5.91 Å². The Morgan fingerprint density at radius 2 is 2.17 bits per heavy atom. The summed E-state index contributed by atoms with van der Waals surface area (Å²) in [6.07, 6.45) is 2.83. The van der Waals surface area contributed by atoms with Gasteiger partial charge in [0, 0.05) is 30.9 Å². The molecule has 94 valence electrons. The molecule has 1 aliphatic heterocycles. The first-order chi connectivity index (χ1) is 8.54. The van der Waals surface area contributed by atoms with Gasteiger partial charge in [0.1, 0.15) is 0 Å². The van der Waals surface area contributed by atoms with Gasteiger partial charge in [0.05, 0.1) is 11.5 Å². The third kappa shape index (κ3) is 2.43. The van der Waals surface area contributed by atoms with E-state index in [1.165, 1.54) is 12.3 Å². The summed E-state index contributed by atoms with van der Waals surface area (Å²) in [5, 5.41) is 9.03. The van der Waals surface area contributed by atoms with Crippen molar-refractivity contribution in [3.8, 4) is 6.07 Å². The Hall–Kier alpha value is -2.09. The van der Waals surface area contributed by atoms with Gasteiger partial charge in [-0.05, 0) is 25.8 Å². The average Bonchev–Trinajstić information content (AvgIpc) is 2.39. The van der Waals surface area contributed by atoms with E-state index in [2.05, 4.69) is 11.1 Å². The second kappa shape index (κ2) is 4.65. The molecule has 1 aliphatic rings. The van der Waals surface area contributed by atoms with Gasteiger partial charge < -0.3 is 9.88 Å². The summed E-state index contributed by atoms with van der Waals surface area (Å²) < 4.78 is 0. The molecule has 0 aliphatic carbocycles. The van der Waals surface area contributed by atoms with Crippen LogP contribution in [0.3, 0.4) is 0 Å². The predicted molar refractivity (Wildman–Crippen MR) is 65.9 cm³/mol. The van der Waals surface area contributed by atoms with Crippen LogP contribution in [0.1, 0.15) is 30.1 Å². The Labute approximate surface area is 105 Å². The topological polar surface area (TPSA) is 77.0 Å². The first kappa shape index (κ1) is 12.4. The minimum absolute atomic E-state index is 0.138. The number of nitrogens with one attached hydrogen (secondary N) is 1. The molecule has 0 spiro atoms. The van der Waals surface area contributed by atoms with E-state index in [-0.39, 0.29) is 16.9 Å². The number of pyridine rings is 1. The fraction of sp³-hybridized carbons (Fsp3) is 0.462. The molecule has 5 nitrogen and oxygen atoms in total. The quantitative estimate of drug-likeness (QED) is 0.806. The standard InChI is InChI=1S/C13H15N3O2/c1-13(9-14)3-6-16(7-4-13)12(18)10-2-5-15-11(17)8-10/h2,5,8H,3-4,6-7H2,1H3,(H,15,17). The van der Waals surface area contributed by atoms with Crippen molar-refractivity contribution in [1.29, 1.82) is 5.26 Å². The maximum absolute atomic E-state index is 12.1. The monoisotopic (exact) mass is 245 g/mol. The van der Waals surface area contributed by atoms with Crippen molar-refractivity contribution in [3.05, 3.63) is 34.2 Å². The zero-order valence-corrected chi connectivity index (χ0v) is 10.3. The van der Waals surface area contributed by atoms with Crippen molar-refractivity contribution < 1.29 is 4.79 Å². The van der Waals surface area contributed by atoms with Gasteiger partial charge >= 0.3 is 0 Å². The van der Waals surface area contributed by atoms with E-state index in [1.54, 1.807) is 11.0 Å². The SMILES string of the molecule is CC1(C#N)CCN(C(=O)c2cc[nH]c(=O)c2)CC1. The Kier molecular flexibility index (Phi) is 3.19. The van der Waals surface area contributed by atoms with Crippen LogP contribution in [0.25, 0.3) is 0 Å². The van der Waals surface area contributed by atoms with Crippen LogP contribution in [-0.4, -0.2) is 28.9 Å². The van der Waals surface area contributed by atoms with Crippen molar-refractivity contribution in [2.75, 3.05) is 13.1 Å². The van der Waals surface area contributed by atoms with Crippen molar-refractivity contribution in [2.24, 2.45) is 5.41 Å². The summed E-state index contributed by atoms with van der Waals surface area (Å²) >= 11 is 0. The highest BCUT2D eigenvalue weighted by atomic mass is 16.2. The number of nitrogens with zero attached hydrogens (tertiary/aromatic N) is 2. The van der Waals surface area contributed by atoms with Crippen LogP contribution >= 0.6 is 0 Å². The smallest absolute Gasteiger partial charge is 0.254 e. The van der Waals surface area contributed by atoms with E-state index in [9.17, 15) is 9.59 Å². The number of nitriles is 1. The number of aromatic nitrogens is 1. The number of piperidine rings is 1. The maximum atomic E-state index is 12.1. The van der Waals surface area contributed by atoms with Crippen LogP contribution in [0.2, 0.25) is 0 Å². The van der Waals surface area contributed by atoms with Crippen LogP contribution in [0.15, 0.2) is 23.1 Å². The molecule has 1 saturated heterocycles. The van der Waals surface area contributed by atoms with Crippen LogP contribution in [0.5, 0.6) is 0 Å². The predicted octanol–water partition coefficient (Wildman–Crippen LogP) is 1.14. The average molecular weight is 245 g/mol. The summed E-state index contributed by atoms with van der Waals surface area (Å²) in [4.78, 5) is 27.5. The van der Waals surface area contributed by atoms with Gasteiger partial charge in [-0.1, -0.05) is 0 Å². The third-order valence-corrected chi connectivity index (χ3v) is 3.45. The first-order valence-electron chi connectivity index (χ1n) is 5.93. The Morgan fingerprint density at radius 3 is 2.72 bits per heavy atom. The van der Waals surface area contributed by atoms with Gasteiger partial charge in [-0.2, -0.15) is 5.26 Å². The minimum Gasteiger partial charge on any atom is -0.339 e. The van der Waals surface area contributed by atoms with Crippen molar-refractivity contribution >= 4 is 5.91 Å². The van der Waals surface area contributed by atoms with Crippen LogP contribution < -0.4 is 5.56 Å². The van der Waals surface area contributed by atoms with E-state index in [1.807, 2.05) is 6.92 Å². The summed E-state index contributed by atoms with van der Waals surface area (Å²) in [5.41, 5.74) is -0.204. The Balaban J connectivity index is 2.09. The van der Waals surface area contributed by atoms with Gasteiger partial charge in [0.15, 0.2) is 0 Å². The highest BCUT2D eigenvalue weighted by molar-refractivity contribution is 5.94. The molecule has 1 aromatic rings. The molecule has 1 amide bonds. The van der Waals surface area contributed by atoms with E-state index >= 15 is 0 Å². The number of aromatic amines is 1. The molecule has 0 aromatic carbocycles. The van der Waals surface area contributed by atoms with Crippen molar-refractivity contribution in [1.82, 2.24) is 9.88 Å². The lowest BCUT2D eigenvalue weighted by atomic mass is 9.82. The van der Waals surface area contributed by atoms with Gasteiger partial charge in [-0.15, -0.1) is 0 Å². The Bertz CT molecular complexity index is 548. The molecule has 0 bridgehead atoms. The van der Waals surface area contributed by atoms with Crippen molar-refractivity contribution in [2.45, 2.75) is 19.8 Å². The largest absolute Gasteiger partial charge is 0.339 e.